The molecule has 0 aliphatic heterocycles. The van der Waals surface area contributed by atoms with Gasteiger partial charge in [-0.3, -0.25) is 9.48 Å². The maximum Gasteiger partial charge on any atom is 0.271 e. The van der Waals surface area contributed by atoms with E-state index in [2.05, 4.69) is 29.6 Å². The van der Waals surface area contributed by atoms with Crippen LogP contribution in [0, 0.1) is 11.8 Å². The van der Waals surface area contributed by atoms with Crippen LogP contribution >= 0.6 is 12.2 Å². The Morgan fingerprint density at radius 1 is 1.50 bits per heavy atom. The molecule has 0 spiro atoms. The number of aromatic nitrogens is 2. The van der Waals surface area contributed by atoms with E-state index in [-0.39, 0.29) is 5.69 Å². The molecule has 6 nitrogen and oxygen atoms in total. The zero-order valence-corrected chi connectivity index (χ0v) is 14.2. The third-order valence-corrected chi connectivity index (χ3v) is 4.81. The summed E-state index contributed by atoms with van der Waals surface area (Å²) in [6.07, 6.45) is 5.35. The average Bonchev–Trinajstić information content (AvgIpc) is 2.87. The van der Waals surface area contributed by atoms with Gasteiger partial charge in [-0.05, 0) is 37.4 Å². The highest BCUT2D eigenvalue weighted by molar-refractivity contribution is 7.80. The van der Waals surface area contributed by atoms with Crippen molar-refractivity contribution in [1.29, 1.82) is 0 Å². The maximum absolute atomic E-state index is 11.5. The summed E-state index contributed by atoms with van der Waals surface area (Å²) in [5.41, 5.74) is 6.14. The van der Waals surface area contributed by atoms with Crippen LogP contribution in [-0.4, -0.2) is 26.8 Å². The van der Waals surface area contributed by atoms with E-state index in [4.69, 9.17) is 18.0 Å². The third kappa shape index (κ3) is 3.76. The van der Waals surface area contributed by atoms with Crippen molar-refractivity contribution in [2.45, 2.75) is 52.6 Å². The first-order chi connectivity index (χ1) is 10.4. The number of carbonyl (C=O) groups excluding carboxylic acids is 1. The van der Waals surface area contributed by atoms with Gasteiger partial charge >= 0.3 is 0 Å². The summed E-state index contributed by atoms with van der Waals surface area (Å²) in [5, 5.41) is 11.1. The molecule has 3 atom stereocenters. The monoisotopic (exact) mass is 323 g/mol. The van der Waals surface area contributed by atoms with E-state index < -0.39 is 5.91 Å². The van der Waals surface area contributed by atoms with Crippen LogP contribution in [0.3, 0.4) is 0 Å². The lowest BCUT2D eigenvalue weighted by Gasteiger charge is -2.35. The molecule has 1 aromatic rings. The van der Waals surface area contributed by atoms with E-state index in [1.54, 1.807) is 10.9 Å². The summed E-state index contributed by atoms with van der Waals surface area (Å²) in [7, 11) is 0. The van der Waals surface area contributed by atoms with E-state index in [1.165, 1.54) is 12.8 Å². The zero-order valence-electron chi connectivity index (χ0n) is 13.4. The van der Waals surface area contributed by atoms with Crippen LogP contribution in [0.2, 0.25) is 0 Å². The van der Waals surface area contributed by atoms with Crippen LogP contribution in [0.4, 0.5) is 5.69 Å². The van der Waals surface area contributed by atoms with Crippen molar-refractivity contribution in [2.24, 2.45) is 17.6 Å². The Morgan fingerprint density at radius 2 is 2.23 bits per heavy atom. The molecule has 0 bridgehead atoms. The molecule has 1 heterocycles. The van der Waals surface area contributed by atoms with Gasteiger partial charge in [-0.15, -0.1) is 0 Å². The Balaban J connectivity index is 2.03. The Bertz CT molecular complexity index is 556. The first-order valence-electron chi connectivity index (χ1n) is 7.87. The van der Waals surface area contributed by atoms with E-state index in [9.17, 15) is 4.79 Å². The van der Waals surface area contributed by atoms with Gasteiger partial charge in [0, 0.05) is 18.8 Å². The first-order valence-corrected chi connectivity index (χ1v) is 8.28. The first kappa shape index (κ1) is 16.7. The molecular weight excluding hydrogens is 298 g/mol. The fourth-order valence-corrected chi connectivity index (χ4v) is 3.23. The molecule has 0 unspecified atom stereocenters. The van der Waals surface area contributed by atoms with Crippen molar-refractivity contribution < 1.29 is 4.79 Å². The Labute approximate surface area is 136 Å². The number of anilines is 1. The van der Waals surface area contributed by atoms with Gasteiger partial charge in [-0.1, -0.05) is 26.7 Å². The minimum atomic E-state index is -0.558. The summed E-state index contributed by atoms with van der Waals surface area (Å²) in [4.78, 5) is 11.5. The number of thiocarbonyl (C=S) groups is 1. The van der Waals surface area contributed by atoms with Crippen molar-refractivity contribution in [2.75, 3.05) is 5.32 Å². The maximum atomic E-state index is 11.5. The highest BCUT2D eigenvalue weighted by Gasteiger charge is 2.27. The predicted octanol–water partition coefficient (Wildman–Crippen LogP) is 2.11. The van der Waals surface area contributed by atoms with Gasteiger partial charge in [0.25, 0.3) is 5.91 Å². The second-order valence-electron chi connectivity index (χ2n) is 6.08. The quantitative estimate of drug-likeness (QED) is 0.739. The second kappa shape index (κ2) is 7.09. The lowest BCUT2D eigenvalue weighted by molar-refractivity contribution is 0.0995. The molecule has 2 rings (SSSR count). The number of nitrogens with two attached hydrogens (primary N) is 1. The molecule has 7 heteroatoms. The van der Waals surface area contributed by atoms with Crippen LogP contribution in [-0.2, 0) is 6.54 Å². The van der Waals surface area contributed by atoms with Crippen molar-refractivity contribution in [1.82, 2.24) is 15.1 Å². The highest BCUT2D eigenvalue weighted by Crippen LogP contribution is 2.29. The summed E-state index contributed by atoms with van der Waals surface area (Å²) in [5.74, 6) is 0.706. The number of aryl methyl sites for hydroxylation is 1. The molecule has 1 saturated carbocycles. The molecule has 1 aromatic heterocycles. The SMILES string of the molecule is CCn1cc(NC(=S)N[C@@H]2CCC[C@@H](C)[C@@H]2C)c(C(N)=O)n1. The second-order valence-corrected chi connectivity index (χ2v) is 6.49. The highest BCUT2D eigenvalue weighted by atomic mass is 32.1. The van der Waals surface area contributed by atoms with Crippen LogP contribution in [0.25, 0.3) is 0 Å². The van der Waals surface area contributed by atoms with E-state index in [0.717, 1.165) is 6.42 Å². The van der Waals surface area contributed by atoms with Crippen LogP contribution in [0.1, 0.15) is 50.5 Å². The van der Waals surface area contributed by atoms with Gasteiger partial charge in [0.1, 0.15) is 0 Å². The number of nitrogens with zero attached hydrogens (tertiary/aromatic N) is 2. The zero-order chi connectivity index (χ0) is 16.3. The van der Waals surface area contributed by atoms with E-state index >= 15 is 0 Å². The van der Waals surface area contributed by atoms with Crippen LogP contribution in [0.5, 0.6) is 0 Å². The van der Waals surface area contributed by atoms with E-state index in [0.29, 0.717) is 35.2 Å². The van der Waals surface area contributed by atoms with Crippen LogP contribution in [0.15, 0.2) is 6.20 Å². The van der Waals surface area contributed by atoms with Crippen molar-refractivity contribution >= 4 is 28.9 Å². The van der Waals surface area contributed by atoms with E-state index in [1.807, 2.05) is 6.92 Å². The summed E-state index contributed by atoms with van der Waals surface area (Å²) in [6.45, 7) is 7.15. The van der Waals surface area contributed by atoms with Crippen molar-refractivity contribution in [3.8, 4) is 0 Å². The van der Waals surface area contributed by atoms with Gasteiger partial charge in [0.15, 0.2) is 10.8 Å². The number of rotatable bonds is 4. The van der Waals surface area contributed by atoms with Gasteiger partial charge in [0.05, 0.1) is 5.69 Å². The topological polar surface area (TPSA) is 85.0 Å². The molecule has 1 fully saturated rings. The lowest BCUT2D eigenvalue weighted by Crippen LogP contribution is -2.45. The molecule has 1 amide bonds. The number of hydrogen-bond acceptors (Lipinski definition) is 3. The summed E-state index contributed by atoms with van der Waals surface area (Å²) >= 11 is 5.39. The molecule has 0 aromatic carbocycles. The fraction of sp³-hybridized carbons (Fsp3) is 0.667. The molecule has 1 aliphatic carbocycles. The predicted molar refractivity (Wildman–Crippen MR) is 91.7 cm³/mol. The third-order valence-electron chi connectivity index (χ3n) is 4.59. The molecule has 0 saturated heterocycles. The Hall–Kier alpha value is -1.63. The standard InChI is InChI=1S/C15H25N5OS/c1-4-20-8-12(13(19-20)14(16)21)18-15(22)17-11-7-5-6-9(2)10(11)3/h8-11H,4-7H2,1-3H3,(H2,16,21)(H2,17,18,22)/t9-,10+,11-/m1/s1. The minimum absolute atomic E-state index is 0.219. The molecule has 4 N–H and O–H groups in total. The smallest absolute Gasteiger partial charge is 0.271 e. The lowest BCUT2D eigenvalue weighted by atomic mass is 9.78. The molecule has 0 radical (unpaired) electrons. The normalized spacial score (nSPS) is 24.8. The summed E-state index contributed by atoms with van der Waals surface area (Å²) in [6, 6.07) is 0.363. The number of amides is 1. The molecule has 122 valence electrons. The molecular formula is C15H25N5OS. The van der Waals surface area contributed by atoms with Crippen molar-refractivity contribution in [3.63, 3.8) is 0 Å². The number of hydrogen-bond donors (Lipinski definition) is 3. The van der Waals surface area contributed by atoms with Crippen LogP contribution < -0.4 is 16.4 Å². The Morgan fingerprint density at radius 3 is 2.86 bits per heavy atom. The largest absolute Gasteiger partial charge is 0.364 e. The number of nitrogens with one attached hydrogen (secondary N) is 2. The van der Waals surface area contributed by atoms with Gasteiger partial charge in [-0.25, -0.2) is 0 Å². The van der Waals surface area contributed by atoms with Gasteiger partial charge < -0.3 is 16.4 Å². The number of carbonyl (C=O) groups is 1. The van der Waals surface area contributed by atoms with Crippen molar-refractivity contribution in [3.05, 3.63) is 11.9 Å². The average molecular weight is 323 g/mol. The Kier molecular flexibility index (Phi) is 5.39. The molecule has 1 aliphatic rings. The van der Waals surface area contributed by atoms with Gasteiger partial charge in [0.2, 0.25) is 0 Å². The number of primary amides is 1. The minimum Gasteiger partial charge on any atom is -0.364 e. The summed E-state index contributed by atoms with van der Waals surface area (Å²) < 4.78 is 1.66. The fourth-order valence-electron chi connectivity index (χ4n) is 2.97. The molecule has 22 heavy (non-hydrogen) atoms. The van der Waals surface area contributed by atoms with Gasteiger partial charge in [-0.2, -0.15) is 5.10 Å².